The zero-order valence-corrected chi connectivity index (χ0v) is 20.6. The Hall–Kier alpha value is -1.12. The molecule has 3 heteroatoms. The number of hydrogen-bond donors (Lipinski definition) is 0. The molecule has 2 saturated carbocycles. The van der Waals surface area contributed by atoms with Crippen molar-refractivity contribution in [3.8, 4) is 5.75 Å². The van der Waals surface area contributed by atoms with E-state index in [1.807, 2.05) is 0 Å². The molecular weight excluding hydrogens is 402 g/mol. The molecule has 0 unspecified atom stereocenters. The number of hydrogen-bond acceptors (Lipinski definition) is 1. The number of ether oxygens (including phenoxy) is 1. The third-order valence-electron chi connectivity index (χ3n) is 8.40. The fraction of sp³-hybridized carbons (Fsp3) is 0.793. The van der Waals surface area contributed by atoms with Gasteiger partial charge in [-0.25, -0.2) is 4.39 Å². The number of unbranched alkanes of at least 4 members (excludes halogenated alkanes) is 3. The van der Waals surface area contributed by atoms with Crippen LogP contribution in [0.5, 0.6) is 5.75 Å². The first-order valence-corrected chi connectivity index (χ1v) is 13.7. The molecule has 1 nitrogen and oxygen atoms in total. The van der Waals surface area contributed by atoms with Crippen LogP contribution in [0, 0.1) is 35.3 Å². The van der Waals surface area contributed by atoms with E-state index in [1.165, 1.54) is 83.5 Å². The molecule has 2 fully saturated rings. The van der Waals surface area contributed by atoms with Crippen LogP contribution in [0.25, 0.3) is 0 Å². The van der Waals surface area contributed by atoms with Crippen molar-refractivity contribution in [1.29, 1.82) is 0 Å². The SMILES string of the molecule is CCCCC[C@H]1CC[C@H]([C@H]2CC[C@H](CCCCc3ccc(OCC)c(F)c3F)CC2)CC1. The van der Waals surface area contributed by atoms with Gasteiger partial charge < -0.3 is 4.74 Å². The van der Waals surface area contributed by atoms with Crippen molar-refractivity contribution in [1.82, 2.24) is 0 Å². The van der Waals surface area contributed by atoms with Crippen molar-refractivity contribution in [2.24, 2.45) is 23.7 Å². The molecule has 3 rings (SSSR count). The topological polar surface area (TPSA) is 9.23 Å². The van der Waals surface area contributed by atoms with E-state index in [2.05, 4.69) is 6.92 Å². The minimum Gasteiger partial charge on any atom is -0.491 e. The summed E-state index contributed by atoms with van der Waals surface area (Å²) in [7, 11) is 0. The zero-order valence-electron chi connectivity index (χ0n) is 20.6. The summed E-state index contributed by atoms with van der Waals surface area (Å²) in [6.07, 6.45) is 21.1. The summed E-state index contributed by atoms with van der Waals surface area (Å²) < 4.78 is 33.4. The summed E-state index contributed by atoms with van der Waals surface area (Å²) in [5.74, 6) is 2.30. The smallest absolute Gasteiger partial charge is 0.200 e. The molecule has 0 atom stereocenters. The Morgan fingerprint density at radius 3 is 1.81 bits per heavy atom. The standard InChI is InChI=1S/C29H46F2O/c1-3-5-6-9-22-12-16-24(17-13-22)25-18-14-23(15-19-25)10-7-8-11-26-20-21-27(32-4-2)29(31)28(26)30/h20-25H,3-19H2,1-2H3/t22-,23-,24-,25-. The molecule has 0 N–H and O–H groups in total. The summed E-state index contributed by atoms with van der Waals surface area (Å²) >= 11 is 0. The first kappa shape index (κ1) is 25.5. The molecule has 1 aromatic carbocycles. The predicted octanol–water partition coefficient (Wildman–Crippen LogP) is 9.27. The van der Waals surface area contributed by atoms with Crippen LogP contribution in [0.2, 0.25) is 0 Å². The lowest BCUT2D eigenvalue weighted by Crippen LogP contribution is -2.25. The molecule has 2 aliphatic carbocycles. The van der Waals surface area contributed by atoms with E-state index in [1.54, 1.807) is 19.1 Å². The van der Waals surface area contributed by atoms with Crippen LogP contribution in [0.15, 0.2) is 12.1 Å². The predicted molar refractivity (Wildman–Crippen MR) is 130 cm³/mol. The Balaban J connectivity index is 1.30. The van der Waals surface area contributed by atoms with E-state index >= 15 is 0 Å². The lowest BCUT2D eigenvalue weighted by molar-refractivity contribution is 0.139. The van der Waals surface area contributed by atoms with Gasteiger partial charge in [0.2, 0.25) is 5.82 Å². The molecule has 0 amide bonds. The van der Waals surface area contributed by atoms with Crippen LogP contribution < -0.4 is 4.74 Å². The van der Waals surface area contributed by atoms with Gasteiger partial charge in [0.05, 0.1) is 6.61 Å². The lowest BCUT2D eigenvalue weighted by Gasteiger charge is -2.38. The highest BCUT2D eigenvalue weighted by Crippen LogP contribution is 2.43. The third-order valence-corrected chi connectivity index (χ3v) is 8.40. The van der Waals surface area contributed by atoms with Crippen LogP contribution in [-0.4, -0.2) is 6.61 Å². The Labute approximate surface area is 195 Å². The zero-order chi connectivity index (χ0) is 22.8. The molecule has 0 aromatic heterocycles. The van der Waals surface area contributed by atoms with Gasteiger partial charge in [-0.2, -0.15) is 4.39 Å². The van der Waals surface area contributed by atoms with Gasteiger partial charge in [0.1, 0.15) is 0 Å². The monoisotopic (exact) mass is 448 g/mol. The second-order valence-electron chi connectivity index (χ2n) is 10.6. The highest BCUT2D eigenvalue weighted by molar-refractivity contribution is 5.31. The fourth-order valence-electron chi connectivity index (χ4n) is 6.36. The maximum atomic E-state index is 14.2. The molecule has 0 spiro atoms. The number of rotatable bonds is 12. The average molecular weight is 449 g/mol. The van der Waals surface area contributed by atoms with Crippen LogP contribution >= 0.6 is 0 Å². The van der Waals surface area contributed by atoms with Gasteiger partial charge in [-0.15, -0.1) is 0 Å². The van der Waals surface area contributed by atoms with Gasteiger partial charge in [0.15, 0.2) is 11.6 Å². The second kappa shape index (κ2) is 13.6. The van der Waals surface area contributed by atoms with Crippen LogP contribution in [0.1, 0.15) is 116 Å². The van der Waals surface area contributed by atoms with Crippen molar-refractivity contribution in [3.05, 3.63) is 29.3 Å². The highest BCUT2D eigenvalue weighted by atomic mass is 19.2. The highest BCUT2D eigenvalue weighted by Gasteiger charge is 2.30. The van der Waals surface area contributed by atoms with Crippen molar-refractivity contribution >= 4 is 0 Å². The van der Waals surface area contributed by atoms with E-state index in [0.29, 0.717) is 18.6 Å². The van der Waals surface area contributed by atoms with E-state index in [0.717, 1.165) is 36.5 Å². The van der Waals surface area contributed by atoms with Gasteiger partial charge in [-0.3, -0.25) is 0 Å². The summed E-state index contributed by atoms with van der Waals surface area (Å²) in [5.41, 5.74) is 0.486. The first-order valence-electron chi connectivity index (χ1n) is 13.7. The second-order valence-corrected chi connectivity index (χ2v) is 10.6. The molecular formula is C29H46F2O. The van der Waals surface area contributed by atoms with Crippen LogP contribution in [0.3, 0.4) is 0 Å². The molecule has 0 saturated heterocycles. The maximum Gasteiger partial charge on any atom is 0.200 e. The van der Waals surface area contributed by atoms with Crippen molar-refractivity contribution < 1.29 is 13.5 Å². The molecule has 0 bridgehead atoms. The number of aryl methyl sites for hydroxylation is 1. The summed E-state index contributed by atoms with van der Waals surface area (Å²) in [4.78, 5) is 0. The Morgan fingerprint density at radius 2 is 1.28 bits per heavy atom. The molecule has 2 aliphatic rings. The molecule has 1 aromatic rings. The average Bonchev–Trinajstić information content (AvgIpc) is 2.82. The van der Waals surface area contributed by atoms with E-state index < -0.39 is 11.6 Å². The minimum atomic E-state index is -0.835. The van der Waals surface area contributed by atoms with Crippen molar-refractivity contribution in [2.45, 2.75) is 117 Å². The molecule has 0 aliphatic heterocycles. The first-order chi connectivity index (χ1) is 15.6. The third kappa shape index (κ3) is 7.45. The van der Waals surface area contributed by atoms with Gasteiger partial charge in [0.25, 0.3) is 0 Å². The number of halogens is 2. The normalized spacial score (nSPS) is 26.2. The molecule has 32 heavy (non-hydrogen) atoms. The van der Waals surface area contributed by atoms with Gasteiger partial charge in [-0.1, -0.05) is 77.2 Å². The lowest BCUT2D eigenvalue weighted by atomic mass is 9.68. The minimum absolute atomic E-state index is 0.0236. The van der Waals surface area contributed by atoms with Gasteiger partial charge in [0, 0.05) is 0 Å². The van der Waals surface area contributed by atoms with Crippen LogP contribution in [0.4, 0.5) is 8.78 Å². The van der Waals surface area contributed by atoms with Crippen LogP contribution in [-0.2, 0) is 6.42 Å². The van der Waals surface area contributed by atoms with Gasteiger partial charge in [-0.05, 0) is 80.8 Å². The Bertz CT molecular complexity index is 657. The number of benzene rings is 1. The fourth-order valence-corrected chi connectivity index (χ4v) is 6.36. The summed E-state index contributed by atoms with van der Waals surface area (Å²) in [6.45, 7) is 4.42. The largest absolute Gasteiger partial charge is 0.491 e. The summed E-state index contributed by atoms with van der Waals surface area (Å²) in [6, 6.07) is 3.25. The Kier molecular flexibility index (Phi) is 10.8. The Morgan fingerprint density at radius 1 is 0.719 bits per heavy atom. The van der Waals surface area contributed by atoms with E-state index in [-0.39, 0.29) is 5.75 Å². The molecule has 0 heterocycles. The summed E-state index contributed by atoms with van der Waals surface area (Å²) in [5, 5.41) is 0. The maximum absolute atomic E-state index is 14.2. The van der Waals surface area contributed by atoms with Gasteiger partial charge >= 0.3 is 0 Å². The van der Waals surface area contributed by atoms with Crippen molar-refractivity contribution in [2.75, 3.05) is 6.61 Å². The van der Waals surface area contributed by atoms with E-state index in [9.17, 15) is 8.78 Å². The quantitative estimate of drug-likeness (QED) is 0.289. The molecule has 182 valence electrons. The molecule has 0 radical (unpaired) electrons. The van der Waals surface area contributed by atoms with Crippen molar-refractivity contribution in [3.63, 3.8) is 0 Å². The van der Waals surface area contributed by atoms with E-state index in [4.69, 9.17) is 4.74 Å².